The lowest BCUT2D eigenvalue weighted by Crippen LogP contribution is -2.31. The van der Waals surface area contributed by atoms with E-state index in [4.69, 9.17) is 11.5 Å². The van der Waals surface area contributed by atoms with E-state index in [1.807, 2.05) is 13.8 Å². The number of sulfone groups is 1. The van der Waals surface area contributed by atoms with Crippen molar-refractivity contribution in [3.63, 3.8) is 0 Å². The van der Waals surface area contributed by atoms with E-state index in [2.05, 4.69) is 4.98 Å². The summed E-state index contributed by atoms with van der Waals surface area (Å²) in [7, 11) is -3.45. The number of imidazole rings is 1. The topological polar surface area (TPSA) is 121 Å². The molecule has 0 saturated carbocycles. The van der Waals surface area contributed by atoms with Crippen LogP contribution in [-0.2, 0) is 14.6 Å². The predicted octanol–water partition coefficient (Wildman–Crippen LogP) is 0.704. The van der Waals surface area contributed by atoms with Crippen molar-refractivity contribution in [3.8, 4) is 0 Å². The fourth-order valence-electron chi connectivity index (χ4n) is 2.45. The number of rotatable bonds is 4. The van der Waals surface area contributed by atoms with Crippen LogP contribution in [0.5, 0.6) is 0 Å². The molecule has 4 N–H and O–H groups in total. The third kappa shape index (κ3) is 2.58. The van der Waals surface area contributed by atoms with Gasteiger partial charge >= 0.3 is 0 Å². The van der Waals surface area contributed by atoms with Gasteiger partial charge in [-0.15, -0.1) is 0 Å². The van der Waals surface area contributed by atoms with Gasteiger partial charge in [0.2, 0.25) is 11.9 Å². The molecule has 114 valence electrons. The van der Waals surface area contributed by atoms with Crippen LogP contribution in [0.25, 0.3) is 11.0 Å². The molecule has 2 aromatic rings. The molecule has 7 nitrogen and oxygen atoms in total. The molecule has 1 heterocycles. The number of hydrogen-bond donors (Lipinski definition) is 2. The number of para-hydroxylation sites is 1. The van der Waals surface area contributed by atoms with Crippen molar-refractivity contribution >= 4 is 32.7 Å². The van der Waals surface area contributed by atoms with E-state index < -0.39 is 21.8 Å². The standard InChI is InChI=1S/C13H18N4O3S/c1-7(2)11(12(14)18)17-8-5-4-6-9(21(3,19)20)10(8)16-13(17)15/h4-7,11H,1-3H3,(H2,14,18)(H2,15,16). The second kappa shape index (κ2) is 5.03. The van der Waals surface area contributed by atoms with Gasteiger partial charge in [0.05, 0.1) is 10.4 Å². The van der Waals surface area contributed by atoms with Crippen LogP contribution >= 0.6 is 0 Å². The van der Waals surface area contributed by atoms with Crippen LogP contribution in [0.3, 0.4) is 0 Å². The SMILES string of the molecule is CC(C)C(C(N)=O)n1c(N)nc2c(S(C)(=O)=O)cccc21. The Morgan fingerprint density at radius 3 is 2.43 bits per heavy atom. The van der Waals surface area contributed by atoms with Crippen LogP contribution in [0.1, 0.15) is 19.9 Å². The summed E-state index contributed by atoms with van der Waals surface area (Å²) >= 11 is 0. The fourth-order valence-corrected chi connectivity index (χ4v) is 3.28. The molecule has 8 heteroatoms. The minimum atomic E-state index is -3.45. The Hall–Kier alpha value is -2.09. The zero-order valence-electron chi connectivity index (χ0n) is 12.1. The molecule has 1 atom stereocenters. The van der Waals surface area contributed by atoms with E-state index in [0.717, 1.165) is 6.26 Å². The molecule has 1 aromatic heterocycles. The Labute approximate surface area is 122 Å². The van der Waals surface area contributed by atoms with Gasteiger partial charge < -0.3 is 11.5 Å². The number of nitrogen functional groups attached to an aromatic ring is 1. The lowest BCUT2D eigenvalue weighted by molar-refractivity contribution is -0.122. The number of carbonyl (C=O) groups is 1. The maximum absolute atomic E-state index is 11.8. The predicted molar refractivity (Wildman–Crippen MR) is 80.3 cm³/mol. The first-order chi connectivity index (χ1) is 9.64. The summed E-state index contributed by atoms with van der Waals surface area (Å²) in [5.74, 6) is -0.580. The highest BCUT2D eigenvalue weighted by molar-refractivity contribution is 7.91. The van der Waals surface area contributed by atoms with Gasteiger partial charge in [-0.25, -0.2) is 13.4 Å². The minimum absolute atomic E-state index is 0.0681. The first kappa shape index (κ1) is 15.3. The first-order valence-electron chi connectivity index (χ1n) is 6.40. The van der Waals surface area contributed by atoms with Crippen LogP contribution in [0.15, 0.2) is 23.1 Å². The average molecular weight is 310 g/mol. The third-order valence-corrected chi connectivity index (χ3v) is 4.44. The Bertz CT molecular complexity index is 808. The van der Waals surface area contributed by atoms with Crippen LogP contribution < -0.4 is 11.5 Å². The molecule has 0 saturated heterocycles. The number of hydrogen-bond acceptors (Lipinski definition) is 5. The summed E-state index contributed by atoms with van der Waals surface area (Å²) in [6, 6.07) is 4.04. The Balaban J connectivity index is 2.84. The molecule has 1 unspecified atom stereocenters. The van der Waals surface area contributed by atoms with Crippen molar-refractivity contribution in [2.45, 2.75) is 24.8 Å². The Morgan fingerprint density at radius 1 is 1.33 bits per heavy atom. The molecule has 0 fully saturated rings. The van der Waals surface area contributed by atoms with Gasteiger partial charge in [-0.2, -0.15) is 0 Å². The number of aromatic nitrogens is 2. The van der Waals surface area contributed by atoms with Crippen molar-refractivity contribution in [2.75, 3.05) is 12.0 Å². The van der Waals surface area contributed by atoms with Crippen LogP contribution in [0, 0.1) is 5.92 Å². The summed E-state index contributed by atoms with van der Waals surface area (Å²) in [4.78, 5) is 15.9. The van der Waals surface area contributed by atoms with Gasteiger partial charge in [0, 0.05) is 6.26 Å². The van der Waals surface area contributed by atoms with Crippen LogP contribution in [-0.4, -0.2) is 30.1 Å². The quantitative estimate of drug-likeness (QED) is 0.861. The molecule has 0 bridgehead atoms. The lowest BCUT2D eigenvalue weighted by Gasteiger charge is -2.20. The van der Waals surface area contributed by atoms with E-state index in [-0.39, 0.29) is 22.3 Å². The maximum Gasteiger partial charge on any atom is 0.240 e. The summed E-state index contributed by atoms with van der Waals surface area (Å²) in [5, 5.41) is 0. The fraction of sp³-hybridized carbons (Fsp3) is 0.385. The lowest BCUT2D eigenvalue weighted by atomic mass is 10.0. The monoisotopic (exact) mass is 310 g/mol. The van der Waals surface area contributed by atoms with Crippen molar-refractivity contribution < 1.29 is 13.2 Å². The summed E-state index contributed by atoms with van der Waals surface area (Å²) in [6.45, 7) is 3.67. The van der Waals surface area contributed by atoms with Crippen molar-refractivity contribution in [2.24, 2.45) is 11.7 Å². The van der Waals surface area contributed by atoms with Gasteiger partial charge in [0.1, 0.15) is 11.6 Å². The number of primary amides is 1. The number of amides is 1. The normalized spacial score (nSPS) is 13.7. The molecular formula is C13H18N4O3S. The number of carbonyl (C=O) groups excluding carboxylic acids is 1. The van der Waals surface area contributed by atoms with Crippen molar-refractivity contribution in [1.29, 1.82) is 0 Å². The minimum Gasteiger partial charge on any atom is -0.369 e. The molecular weight excluding hydrogens is 292 g/mol. The number of anilines is 1. The van der Waals surface area contributed by atoms with E-state index in [0.29, 0.717) is 5.52 Å². The van der Waals surface area contributed by atoms with Crippen LogP contribution in [0.2, 0.25) is 0 Å². The molecule has 1 aromatic carbocycles. The molecule has 0 aliphatic carbocycles. The summed E-state index contributed by atoms with van der Waals surface area (Å²) < 4.78 is 25.1. The third-order valence-electron chi connectivity index (χ3n) is 3.31. The Kier molecular flexibility index (Phi) is 3.66. The summed E-state index contributed by atoms with van der Waals surface area (Å²) in [6.07, 6.45) is 1.10. The number of nitrogens with zero attached hydrogens (tertiary/aromatic N) is 2. The van der Waals surface area contributed by atoms with E-state index >= 15 is 0 Å². The maximum atomic E-state index is 11.8. The molecule has 0 spiro atoms. The molecule has 2 rings (SSSR count). The zero-order valence-corrected chi connectivity index (χ0v) is 12.9. The number of fused-ring (bicyclic) bond motifs is 1. The molecule has 0 aliphatic heterocycles. The highest BCUT2D eigenvalue weighted by atomic mass is 32.2. The van der Waals surface area contributed by atoms with Gasteiger partial charge in [0.25, 0.3) is 0 Å². The summed E-state index contributed by atoms with van der Waals surface area (Å²) in [5.41, 5.74) is 12.1. The van der Waals surface area contributed by atoms with E-state index in [1.165, 1.54) is 10.6 Å². The zero-order chi connectivity index (χ0) is 15.9. The molecule has 0 aliphatic rings. The molecule has 21 heavy (non-hydrogen) atoms. The van der Waals surface area contributed by atoms with Crippen LogP contribution in [0.4, 0.5) is 5.95 Å². The van der Waals surface area contributed by atoms with Gasteiger partial charge in [-0.05, 0) is 18.1 Å². The van der Waals surface area contributed by atoms with E-state index in [1.54, 1.807) is 12.1 Å². The largest absolute Gasteiger partial charge is 0.369 e. The smallest absolute Gasteiger partial charge is 0.240 e. The van der Waals surface area contributed by atoms with E-state index in [9.17, 15) is 13.2 Å². The molecule has 0 radical (unpaired) electrons. The second-order valence-corrected chi connectivity index (χ2v) is 7.31. The van der Waals surface area contributed by atoms with Gasteiger partial charge in [0.15, 0.2) is 9.84 Å². The van der Waals surface area contributed by atoms with Gasteiger partial charge in [-0.1, -0.05) is 19.9 Å². The van der Waals surface area contributed by atoms with Gasteiger partial charge in [-0.3, -0.25) is 9.36 Å². The molecule has 1 amide bonds. The number of nitrogens with two attached hydrogens (primary N) is 2. The first-order valence-corrected chi connectivity index (χ1v) is 8.29. The van der Waals surface area contributed by atoms with Crippen molar-refractivity contribution in [1.82, 2.24) is 9.55 Å². The average Bonchev–Trinajstić information content (AvgIpc) is 2.64. The highest BCUT2D eigenvalue weighted by Gasteiger charge is 2.27. The second-order valence-electron chi connectivity index (χ2n) is 5.33. The van der Waals surface area contributed by atoms with Crippen molar-refractivity contribution in [3.05, 3.63) is 18.2 Å². The number of benzene rings is 1. The highest BCUT2D eigenvalue weighted by Crippen LogP contribution is 2.30. The Morgan fingerprint density at radius 2 is 1.95 bits per heavy atom.